The topological polar surface area (TPSA) is 55.6 Å². The Hall–Kier alpha value is -2.01. The molecule has 5 heteroatoms. The van der Waals surface area contributed by atoms with Crippen LogP contribution in [0.1, 0.15) is 22.8 Å². The fourth-order valence-corrected chi connectivity index (χ4v) is 2.63. The molecule has 2 aromatic rings. The van der Waals surface area contributed by atoms with Gasteiger partial charge in [-0.2, -0.15) is 11.3 Å². The number of carbonyl (C=O) groups is 1. The zero-order valence-corrected chi connectivity index (χ0v) is 12.4. The van der Waals surface area contributed by atoms with Gasteiger partial charge in [-0.1, -0.05) is 6.07 Å². The Morgan fingerprint density at radius 2 is 2.20 bits per heavy atom. The van der Waals surface area contributed by atoms with Gasteiger partial charge >= 0.3 is 0 Å². The van der Waals surface area contributed by atoms with Gasteiger partial charge < -0.3 is 15.4 Å². The summed E-state index contributed by atoms with van der Waals surface area (Å²) in [7, 11) is 1.77. The van der Waals surface area contributed by atoms with E-state index < -0.39 is 0 Å². The first-order valence-corrected chi connectivity index (χ1v) is 7.35. The van der Waals surface area contributed by atoms with Crippen LogP contribution in [-0.2, 0) is 6.54 Å². The molecule has 1 aromatic heterocycles. The highest BCUT2D eigenvalue weighted by molar-refractivity contribution is 7.07. The molecule has 20 heavy (non-hydrogen) atoms. The summed E-state index contributed by atoms with van der Waals surface area (Å²) in [5.41, 5.74) is 7.93. The second-order valence-electron chi connectivity index (χ2n) is 4.45. The molecule has 4 nitrogen and oxygen atoms in total. The number of hydrogen-bond donors (Lipinski definition) is 1. The van der Waals surface area contributed by atoms with Crippen LogP contribution in [0.3, 0.4) is 0 Å². The van der Waals surface area contributed by atoms with Crippen molar-refractivity contribution in [1.29, 1.82) is 0 Å². The van der Waals surface area contributed by atoms with E-state index in [4.69, 9.17) is 10.5 Å². The Bertz CT molecular complexity index is 582. The Morgan fingerprint density at radius 3 is 2.85 bits per heavy atom. The van der Waals surface area contributed by atoms with Crippen molar-refractivity contribution in [2.45, 2.75) is 13.5 Å². The van der Waals surface area contributed by atoms with Crippen LogP contribution in [0.25, 0.3) is 0 Å². The molecule has 0 aliphatic carbocycles. The maximum absolute atomic E-state index is 12.6. The van der Waals surface area contributed by atoms with Crippen molar-refractivity contribution in [3.05, 3.63) is 46.2 Å². The van der Waals surface area contributed by atoms with Gasteiger partial charge in [-0.25, -0.2) is 0 Å². The number of thiophene rings is 1. The normalized spacial score (nSPS) is 10.3. The lowest BCUT2D eigenvalue weighted by Gasteiger charge is -2.19. The number of nitrogens with zero attached hydrogens (tertiary/aromatic N) is 1. The molecule has 0 radical (unpaired) electrons. The molecule has 0 spiro atoms. The number of nitrogens with two attached hydrogens (primary N) is 1. The summed E-state index contributed by atoms with van der Waals surface area (Å²) in [6.07, 6.45) is 0. The first-order chi connectivity index (χ1) is 9.63. The van der Waals surface area contributed by atoms with Crippen LogP contribution in [0.5, 0.6) is 5.75 Å². The molecule has 0 unspecified atom stereocenters. The van der Waals surface area contributed by atoms with Crippen molar-refractivity contribution < 1.29 is 9.53 Å². The zero-order chi connectivity index (χ0) is 14.5. The van der Waals surface area contributed by atoms with Crippen molar-refractivity contribution >= 4 is 22.9 Å². The molecule has 106 valence electrons. The van der Waals surface area contributed by atoms with E-state index in [1.807, 2.05) is 23.8 Å². The van der Waals surface area contributed by atoms with Crippen molar-refractivity contribution in [2.24, 2.45) is 0 Å². The minimum Gasteiger partial charge on any atom is -0.493 e. The van der Waals surface area contributed by atoms with E-state index in [2.05, 4.69) is 0 Å². The van der Waals surface area contributed by atoms with Crippen LogP contribution < -0.4 is 10.5 Å². The number of benzene rings is 1. The number of rotatable bonds is 5. The minimum atomic E-state index is -0.127. The fraction of sp³-hybridized carbons (Fsp3) is 0.267. The summed E-state index contributed by atoms with van der Waals surface area (Å²) in [5.74, 6) is 0.410. The number of ether oxygens (including phenoxy) is 1. The van der Waals surface area contributed by atoms with Crippen molar-refractivity contribution in [3.8, 4) is 5.75 Å². The number of anilines is 1. The van der Waals surface area contributed by atoms with Crippen LogP contribution in [0.4, 0.5) is 5.69 Å². The Labute approximate surface area is 122 Å². The first-order valence-electron chi connectivity index (χ1n) is 6.41. The lowest BCUT2D eigenvalue weighted by molar-refractivity contribution is 0.0782. The highest BCUT2D eigenvalue weighted by Gasteiger charge is 2.20. The van der Waals surface area contributed by atoms with E-state index in [0.717, 1.165) is 5.56 Å². The lowest BCUT2D eigenvalue weighted by Crippen LogP contribution is -2.27. The average Bonchev–Trinajstić information content (AvgIpc) is 2.91. The largest absolute Gasteiger partial charge is 0.493 e. The summed E-state index contributed by atoms with van der Waals surface area (Å²) in [6.45, 7) is 2.94. The van der Waals surface area contributed by atoms with Crippen molar-refractivity contribution in [2.75, 3.05) is 19.4 Å². The monoisotopic (exact) mass is 290 g/mol. The smallest absolute Gasteiger partial charge is 0.259 e. The van der Waals surface area contributed by atoms with Crippen molar-refractivity contribution in [1.82, 2.24) is 4.90 Å². The minimum absolute atomic E-state index is 0.127. The molecular weight excluding hydrogens is 272 g/mol. The second-order valence-corrected chi connectivity index (χ2v) is 5.23. The molecule has 1 aromatic carbocycles. The highest BCUT2D eigenvalue weighted by atomic mass is 32.1. The maximum atomic E-state index is 12.6. The number of carbonyl (C=O) groups excluding carboxylic acids is 1. The quantitative estimate of drug-likeness (QED) is 0.861. The third-order valence-electron chi connectivity index (χ3n) is 2.92. The average molecular weight is 290 g/mol. The molecule has 1 amide bonds. The lowest BCUT2D eigenvalue weighted by atomic mass is 10.1. The number of hydrogen-bond acceptors (Lipinski definition) is 4. The van der Waals surface area contributed by atoms with E-state index in [-0.39, 0.29) is 5.91 Å². The third kappa shape index (κ3) is 3.11. The van der Waals surface area contributed by atoms with Crippen LogP contribution in [0.15, 0.2) is 35.0 Å². The van der Waals surface area contributed by atoms with Gasteiger partial charge in [0.1, 0.15) is 11.3 Å². The van der Waals surface area contributed by atoms with E-state index >= 15 is 0 Å². The van der Waals surface area contributed by atoms with Crippen molar-refractivity contribution in [3.63, 3.8) is 0 Å². The van der Waals surface area contributed by atoms with Gasteiger partial charge in [-0.15, -0.1) is 0 Å². The SMILES string of the molecule is CCOc1cccc(N)c1C(=O)N(C)Cc1ccsc1. The van der Waals surface area contributed by atoms with Crippen LogP contribution in [0, 0.1) is 0 Å². The van der Waals surface area contributed by atoms with Gasteiger partial charge in [0, 0.05) is 19.3 Å². The van der Waals surface area contributed by atoms with Crippen LogP contribution in [0.2, 0.25) is 0 Å². The fourth-order valence-electron chi connectivity index (χ4n) is 1.97. The summed E-state index contributed by atoms with van der Waals surface area (Å²) >= 11 is 1.62. The molecule has 0 aliphatic heterocycles. The van der Waals surface area contributed by atoms with E-state index in [1.54, 1.807) is 41.5 Å². The summed E-state index contributed by atoms with van der Waals surface area (Å²) in [4.78, 5) is 14.2. The van der Waals surface area contributed by atoms with E-state index in [0.29, 0.717) is 30.2 Å². The number of amides is 1. The summed E-state index contributed by atoms with van der Waals surface area (Å²) in [5, 5.41) is 4.03. The van der Waals surface area contributed by atoms with Crippen LogP contribution in [-0.4, -0.2) is 24.5 Å². The first kappa shape index (κ1) is 14.4. The van der Waals surface area contributed by atoms with Gasteiger partial charge in [0.25, 0.3) is 5.91 Å². The molecule has 2 N–H and O–H groups in total. The summed E-state index contributed by atoms with van der Waals surface area (Å²) < 4.78 is 5.50. The molecule has 0 saturated carbocycles. The molecule has 0 aliphatic rings. The van der Waals surface area contributed by atoms with Gasteiger partial charge in [-0.05, 0) is 41.4 Å². The molecular formula is C15H18N2O2S. The Kier molecular flexibility index (Phi) is 4.63. The maximum Gasteiger partial charge on any atom is 0.259 e. The zero-order valence-electron chi connectivity index (χ0n) is 11.6. The molecule has 1 heterocycles. The van der Waals surface area contributed by atoms with E-state index in [9.17, 15) is 4.79 Å². The van der Waals surface area contributed by atoms with Crippen LogP contribution >= 0.6 is 11.3 Å². The highest BCUT2D eigenvalue weighted by Crippen LogP contribution is 2.26. The second kappa shape index (κ2) is 6.43. The number of nitrogen functional groups attached to an aromatic ring is 1. The predicted octanol–water partition coefficient (Wildman–Crippen LogP) is 3.00. The van der Waals surface area contributed by atoms with Gasteiger partial charge in [0.15, 0.2) is 0 Å². The van der Waals surface area contributed by atoms with Gasteiger partial charge in [0.2, 0.25) is 0 Å². The molecule has 0 bridgehead atoms. The van der Waals surface area contributed by atoms with Gasteiger partial charge in [-0.3, -0.25) is 4.79 Å². The molecule has 2 rings (SSSR count). The van der Waals surface area contributed by atoms with E-state index in [1.165, 1.54) is 0 Å². The summed E-state index contributed by atoms with van der Waals surface area (Å²) in [6, 6.07) is 7.28. The standard InChI is InChI=1S/C15H18N2O2S/c1-3-19-13-6-4-5-12(16)14(13)15(18)17(2)9-11-7-8-20-10-11/h4-8,10H,3,9,16H2,1-2H3. The predicted molar refractivity (Wildman–Crippen MR) is 82.1 cm³/mol. The molecule has 0 fully saturated rings. The Balaban J connectivity index is 2.23. The Morgan fingerprint density at radius 1 is 1.40 bits per heavy atom. The third-order valence-corrected chi connectivity index (χ3v) is 3.65. The van der Waals surface area contributed by atoms with Gasteiger partial charge in [0.05, 0.1) is 6.61 Å². The molecule has 0 atom stereocenters. The molecule has 0 saturated heterocycles.